The lowest BCUT2D eigenvalue weighted by molar-refractivity contribution is 0.705. The van der Waals surface area contributed by atoms with Crippen molar-refractivity contribution in [2.24, 2.45) is 7.05 Å². The Labute approximate surface area is 93.6 Å². The molecule has 0 aliphatic carbocycles. The van der Waals surface area contributed by atoms with E-state index in [1.165, 1.54) is 4.68 Å². The zero-order chi connectivity index (χ0) is 11.4. The van der Waals surface area contributed by atoms with Crippen LogP contribution in [0.25, 0.3) is 0 Å². The normalized spacial score (nSPS) is 12.2. The number of halogens is 1. The van der Waals surface area contributed by atoms with Crippen LogP contribution in [0.1, 0.15) is 13.3 Å². The molecule has 0 amide bonds. The van der Waals surface area contributed by atoms with Crippen molar-refractivity contribution < 1.29 is 0 Å². The van der Waals surface area contributed by atoms with Crippen molar-refractivity contribution in [2.75, 3.05) is 5.32 Å². The lowest BCUT2D eigenvalue weighted by atomic mass is 10.2. The maximum Gasteiger partial charge on any atom is 0.287 e. The summed E-state index contributed by atoms with van der Waals surface area (Å²) in [6.07, 6.45) is 4.15. The molecule has 4 nitrogen and oxygen atoms in total. The van der Waals surface area contributed by atoms with Crippen molar-refractivity contribution in [1.29, 1.82) is 0 Å². The maximum absolute atomic E-state index is 11.4. The van der Waals surface area contributed by atoms with Crippen molar-refractivity contribution in [3.05, 3.63) is 34.2 Å². The molecule has 1 aromatic heterocycles. The zero-order valence-corrected chi connectivity index (χ0v) is 9.58. The van der Waals surface area contributed by atoms with E-state index in [2.05, 4.69) is 17.0 Å². The standard InChI is InChI=1S/C10H14ClN3O/c1-4-5-7(2)13-8-6-12-14(3)10(15)9(8)11/h4,6-7,13H,1,5H2,2-3H3. The van der Waals surface area contributed by atoms with E-state index in [1.807, 2.05) is 6.92 Å². The Morgan fingerprint density at radius 3 is 3.07 bits per heavy atom. The first-order valence-corrected chi connectivity index (χ1v) is 5.03. The molecule has 0 radical (unpaired) electrons. The summed E-state index contributed by atoms with van der Waals surface area (Å²) >= 11 is 5.88. The van der Waals surface area contributed by atoms with Gasteiger partial charge in [-0.1, -0.05) is 17.7 Å². The lowest BCUT2D eigenvalue weighted by Gasteiger charge is -2.13. The highest BCUT2D eigenvalue weighted by atomic mass is 35.5. The van der Waals surface area contributed by atoms with Gasteiger partial charge < -0.3 is 5.32 Å². The summed E-state index contributed by atoms with van der Waals surface area (Å²) < 4.78 is 1.20. The number of nitrogens with one attached hydrogen (secondary N) is 1. The Morgan fingerprint density at radius 2 is 2.47 bits per heavy atom. The van der Waals surface area contributed by atoms with E-state index in [1.54, 1.807) is 19.3 Å². The highest BCUT2D eigenvalue weighted by Crippen LogP contribution is 2.16. The maximum atomic E-state index is 11.4. The second-order valence-corrected chi connectivity index (χ2v) is 3.75. The van der Waals surface area contributed by atoms with Gasteiger partial charge in [0.15, 0.2) is 0 Å². The van der Waals surface area contributed by atoms with E-state index in [0.29, 0.717) is 5.69 Å². The molecule has 1 N–H and O–H groups in total. The van der Waals surface area contributed by atoms with E-state index in [4.69, 9.17) is 11.6 Å². The monoisotopic (exact) mass is 227 g/mol. The molecular formula is C10H14ClN3O. The van der Waals surface area contributed by atoms with Crippen LogP contribution in [0.4, 0.5) is 5.69 Å². The highest BCUT2D eigenvalue weighted by molar-refractivity contribution is 6.32. The smallest absolute Gasteiger partial charge is 0.287 e. The zero-order valence-electron chi connectivity index (χ0n) is 8.83. The van der Waals surface area contributed by atoms with Gasteiger partial charge in [-0.05, 0) is 13.3 Å². The Hall–Kier alpha value is -1.29. The molecule has 0 bridgehead atoms. The van der Waals surface area contributed by atoms with Gasteiger partial charge in [0.2, 0.25) is 0 Å². The molecule has 5 heteroatoms. The third-order valence-corrected chi connectivity index (χ3v) is 2.37. The van der Waals surface area contributed by atoms with E-state index >= 15 is 0 Å². The molecule has 0 saturated carbocycles. The second kappa shape index (κ2) is 4.98. The molecule has 15 heavy (non-hydrogen) atoms. The minimum atomic E-state index is -0.299. The van der Waals surface area contributed by atoms with Crippen molar-refractivity contribution >= 4 is 17.3 Å². The molecule has 1 unspecified atom stereocenters. The molecule has 1 atom stereocenters. The van der Waals surface area contributed by atoms with Gasteiger partial charge in [0.25, 0.3) is 5.56 Å². The van der Waals surface area contributed by atoms with E-state index in [-0.39, 0.29) is 16.6 Å². The van der Waals surface area contributed by atoms with Gasteiger partial charge in [-0.25, -0.2) is 4.68 Å². The SMILES string of the molecule is C=CCC(C)Nc1cnn(C)c(=O)c1Cl. The first-order chi connectivity index (χ1) is 7.06. The summed E-state index contributed by atoms with van der Waals surface area (Å²) in [6.45, 7) is 5.62. The van der Waals surface area contributed by atoms with Crippen LogP contribution in [0.5, 0.6) is 0 Å². The van der Waals surface area contributed by atoms with Crippen LogP contribution in [0.15, 0.2) is 23.6 Å². The molecule has 1 aromatic rings. The van der Waals surface area contributed by atoms with Gasteiger partial charge >= 0.3 is 0 Å². The number of aromatic nitrogens is 2. The number of aryl methyl sites for hydroxylation is 1. The fourth-order valence-electron chi connectivity index (χ4n) is 1.19. The first-order valence-electron chi connectivity index (χ1n) is 4.65. The van der Waals surface area contributed by atoms with E-state index < -0.39 is 0 Å². The first kappa shape index (κ1) is 11.8. The Kier molecular flexibility index (Phi) is 3.91. The fourth-order valence-corrected chi connectivity index (χ4v) is 1.41. The molecule has 0 spiro atoms. The van der Waals surface area contributed by atoms with Crippen LogP contribution in [0.2, 0.25) is 5.02 Å². The predicted octanol–water partition coefficient (Wildman–Crippen LogP) is 1.81. The number of nitrogens with zero attached hydrogens (tertiary/aromatic N) is 2. The Morgan fingerprint density at radius 1 is 1.80 bits per heavy atom. The third kappa shape index (κ3) is 2.83. The topological polar surface area (TPSA) is 46.9 Å². The molecule has 82 valence electrons. The summed E-state index contributed by atoms with van der Waals surface area (Å²) in [5.74, 6) is 0. The van der Waals surface area contributed by atoms with Crippen molar-refractivity contribution in [3.8, 4) is 0 Å². The summed E-state index contributed by atoms with van der Waals surface area (Å²) in [4.78, 5) is 11.4. The fraction of sp³-hybridized carbons (Fsp3) is 0.400. The van der Waals surface area contributed by atoms with Crippen LogP contribution in [0, 0.1) is 0 Å². The molecule has 0 aliphatic heterocycles. The average molecular weight is 228 g/mol. The van der Waals surface area contributed by atoms with Crippen LogP contribution in [-0.4, -0.2) is 15.8 Å². The molecule has 0 fully saturated rings. The predicted molar refractivity (Wildman–Crippen MR) is 62.4 cm³/mol. The quantitative estimate of drug-likeness (QED) is 0.799. The number of hydrogen-bond donors (Lipinski definition) is 1. The summed E-state index contributed by atoms with van der Waals surface area (Å²) in [7, 11) is 1.56. The summed E-state index contributed by atoms with van der Waals surface area (Å²) in [5, 5.41) is 7.15. The molecule has 1 heterocycles. The molecular weight excluding hydrogens is 214 g/mol. The minimum Gasteiger partial charge on any atom is -0.380 e. The van der Waals surface area contributed by atoms with Gasteiger partial charge in [0, 0.05) is 13.1 Å². The van der Waals surface area contributed by atoms with E-state index in [9.17, 15) is 4.79 Å². The Bertz CT molecular complexity index is 414. The number of rotatable bonds is 4. The summed E-state index contributed by atoms with van der Waals surface area (Å²) in [6, 6.07) is 0.175. The summed E-state index contributed by atoms with van der Waals surface area (Å²) in [5.41, 5.74) is 0.265. The van der Waals surface area contributed by atoms with E-state index in [0.717, 1.165) is 6.42 Å². The average Bonchev–Trinajstić information content (AvgIpc) is 2.20. The van der Waals surface area contributed by atoms with Gasteiger partial charge in [0.05, 0.1) is 11.9 Å². The number of hydrogen-bond acceptors (Lipinski definition) is 3. The van der Waals surface area contributed by atoms with Crippen molar-refractivity contribution in [2.45, 2.75) is 19.4 Å². The van der Waals surface area contributed by atoms with Crippen LogP contribution >= 0.6 is 11.6 Å². The molecule has 1 rings (SSSR count). The van der Waals surface area contributed by atoms with Crippen LogP contribution < -0.4 is 10.9 Å². The van der Waals surface area contributed by atoms with Crippen molar-refractivity contribution in [3.63, 3.8) is 0 Å². The number of anilines is 1. The lowest BCUT2D eigenvalue weighted by Crippen LogP contribution is -2.23. The van der Waals surface area contributed by atoms with Crippen LogP contribution in [0.3, 0.4) is 0 Å². The van der Waals surface area contributed by atoms with Gasteiger partial charge in [-0.3, -0.25) is 4.79 Å². The molecule has 0 saturated heterocycles. The van der Waals surface area contributed by atoms with Gasteiger partial charge in [-0.2, -0.15) is 5.10 Å². The molecule has 0 aliphatic rings. The minimum absolute atomic E-state index is 0.170. The van der Waals surface area contributed by atoms with Crippen molar-refractivity contribution in [1.82, 2.24) is 9.78 Å². The Balaban J connectivity index is 2.92. The third-order valence-electron chi connectivity index (χ3n) is 2.00. The molecule has 0 aromatic carbocycles. The van der Waals surface area contributed by atoms with Gasteiger partial charge in [0.1, 0.15) is 5.02 Å². The second-order valence-electron chi connectivity index (χ2n) is 3.37. The van der Waals surface area contributed by atoms with Gasteiger partial charge in [-0.15, -0.1) is 6.58 Å². The van der Waals surface area contributed by atoms with Crippen LogP contribution in [-0.2, 0) is 7.05 Å². The highest BCUT2D eigenvalue weighted by Gasteiger charge is 2.08. The largest absolute Gasteiger partial charge is 0.380 e.